The van der Waals surface area contributed by atoms with Gasteiger partial charge in [-0.3, -0.25) is 9.59 Å². The molecule has 2 amide bonds. The Morgan fingerprint density at radius 2 is 1.90 bits per heavy atom. The standard InChI is InChI=1S/C23H21ClN2O3S/c1-29-20-14-16(24)7-10-18(20)22(27)25-17-8-5-15(6-9-17)23(28)26-12-3-2-4-21-19(26)11-13-30-21/h5-11,13-14H,2-4,12H2,1H3,(H,25,27). The van der Waals surface area contributed by atoms with Gasteiger partial charge in [-0.25, -0.2) is 0 Å². The van der Waals surface area contributed by atoms with E-state index in [-0.39, 0.29) is 11.8 Å². The monoisotopic (exact) mass is 440 g/mol. The van der Waals surface area contributed by atoms with Crippen molar-refractivity contribution in [3.63, 3.8) is 0 Å². The lowest BCUT2D eigenvalue weighted by Crippen LogP contribution is -2.31. The van der Waals surface area contributed by atoms with Gasteiger partial charge >= 0.3 is 0 Å². The lowest BCUT2D eigenvalue weighted by Gasteiger charge is -2.21. The lowest BCUT2D eigenvalue weighted by atomic mass is 10.1. The molecule has 0 saturated carbocycles. The number of nitrogens with zero attached hydrogens (tertiary/aromatic N) is 1. The highest BCUT2D eigenvalue weighted by Crippen LogP contribution is 2.32. The van der Waals surface area contributed by atoms with E-state index in [1.165, 1.54) is 12.0 Å². The van der Waals surface area contributed by atoms with Crippen molar-refractivity contribution >= 4 is 46.1 Å². The fourth-order valence-corrected chi connectivity index (χ4v) is 4.64. The van der Waals surface area contributed by atoms with E-state index >= 15 is 0 Å². The molecular weight excluding hydrogens is 420 g/mol. The van der Waals surface area contributed by atoms with Gasteiger partial charge in [0.25, 0.3) is 11.8 Å². The molecule has 1 aliphatic rings. The van der Waals surface area contributed by atoms with Crippen molar-refractivity contribution < 1.29 is 14.3 Å². The number of hydrogen-bond acceptors (Lipinski definition) is 4. The molecule has 3 aromatic rings. The molecule has 7 heteroatoms. The molecule has 4 rings (SSSR count). The van der Waals surface area contributed by atoms with E-state index in [4.69, 9.17) is 16.3 Å². The molecule has 0 unspecified atom stereocenters. The predicted octanol–water partition coefficient (Wildman–Crippen LogP) is 5.65. The fraction of sp³-hybridized carbons (Fsp3) is 0.217. The SMILES string of the molecule is COc1cc(Cl)ccc1C(=O)Nc1ccc(C(=O)N2CCCCc3sccc32)cc1. The zero-order chi connectivity index (χ0) is 21.1. The van der Waals surface area contributed by atoms with Crippen LogP contribution >= 0.6 is 22.9 Å². The van der Waals surface area contributed by atoms with Crippen LogP contribution in [0.15, 0.2) is 53.9 Å². The molecule has 154 valence electrons. The van der Waals surface area contributed by atoms with Crippen molar-refractivity contribution in [3.05, 3.63) is 74.9 Å². The number of benzene rings is 2. The number of amides is 2. The Hall–Kier alpha value is -2.83. The molecule has 2 heterocycles. The third-order valence-corrected chi connectivity index (χ3v) is 6.30. The van der Waals surface area contributed by atoms with Gasteiger partial charge in [-0.15, -0.1) is 11.3 Å². The molecule has 30 heavy (non-hydrogen) atoms. The number of methoxy groups -OCH3 is 1. The number of anilines is 2. The van der Waals surface area contributed by atoms with Gasteiger partial charge in [-0.1, -0.05) is 11.6 Å². The number of nitrogens with one attached hydrogen (secondary N) is 1. The molecule has 1 aliphatic heterocycles. The summed E-state index contributed by atoms with van der Waals surface area (Å²) in [6.07, 6.45) is 3.11. The highest BCUT2D eigenvalue weighted by atomic mass is 35.5. The number of carbonyl (C=O) groups excluding carboxylic acids is 2. The molecule has 0 fully saturated rings. The quantitative estimate of drug-likeness (QED) is 0.570. The molecule has 0 bridgehead atoms. The Labute approximate surface area is 184 Å². The van der Waals surface area contributed by atoms with E-state index in [1.807, 2.05) is 16.3 Å². The van der Waals surface area contributed by atoms with Crippen molar-refractivity contribution in [3.8, 4) is 5.75 Å². The van der Waals surface area contributed by atoms with Crippen LogP contribution < -0.4 is 15.0 Å². The molecule has 0 spiro atoms. The zero-order valence-corrected chi connectivity index (χ0v) is 18.1. The molecule has 0 radical (unpaired) electrons. The van der Waals surface area contributed by atoms with E-state index in [1.54, 1.807) is 53.8 Å². The third kappa shape index (κ3) is 4.20. The second-order valence-corrected chi connectivity index (χ2v) is 8.46. The van der Waals surface area contributed by atoms with Crippen molar-refractivity contribution in [2.75, 3.05) is 23.9 Å². The van der Waals surface area contributed by atoms with E-state index in [0.717, 1.165) is 31.5 Å². The Kier molecular flexibility index (Phi) is 6.06. The molecule has 0 atom stereocenters. The van der Waals surface area contributed by atoms with E-state index < -0.39 is 0 Å². The van der Waals surface area contributed by atoms with Crippen LogP contribution in [0.5, 0.6) is 5.75 Å². The number of fused-ring (bicyclic) bond motifs is 1. The van der Waals surface area contributed by atoms with Crippen LogP contribution in [0.1, 0.15) is 38.4 Å². The minimum atomic E-state index is -0.307. The van der Waals surface area contributed by atoms with Crippen LogP contribution in [0.4, 0.5) is 11.4 Å². The van der Waals surface area contributed by atoms with Gasteiger partial charge in [0.1, 0.15) is 5.75 Å². The van der Waals surface area contributed by atoms with E-state index in [9.17, 15) is 9.59 Å². The molecule has 0 aliphatic carbocycles. The molecule has 2 aromatic carbocycles. The summed E-state index contributed by atoms with van der Waals surface area (Å²) in [6.45, 7) is 0.720. The van der Waals surface area contributed by atoms with E-state index in [0.29, 0.717) is 27.6 Å². The van der Waals surface area contributed by atoms with Crippen molar-refractivity contribution in [2.24, 2.45) is 0 Å². The van der Waals surface area contributed by atoms with Crippen LogP contribution in [0.25, 0.3) is 0 Å². The average Bonchev–Trinajstić information content (AvgIpc) is 3.12. The van der Waals surface area contributed by atoms with Crippen molar-refractivity contribution in [1.82, 2.24) is 0 Å². The number of aryl methyl sites for hydroxylation is 1. The highest BCUT2D eigenvalue weighted by molar-refractivity contribution is 7.10. The van der Waals surface area contributed by atoms with Crippen LogP contribution in [-0.2, 0) is 6.42 Å². The van der Waals surface area contributed by atoms with Crippen molar-refractivity contribution in [2.45, 2.75) is 19.3 Å². The maximum absolute atomic E-state index is 13.1. The number of carbonyl (C=O) groups is 2. The molecule has 1 aromatic heterocycles. The zero-order valence-electron chi connectivity index (χ0n) is 16.5. The summed E-state index contributed by atoms with van der Waals surface area (Å²) in [7, 11) is 1.49. The fourth-order valence-electron chi connectivity index (χ4n) is 3.55. The maximum Gasteiger partial charge on any atom is 0.259 e. The largest absolute Gasteiger partial charge is 0.496 e. The lowest BCUT2D eigenvalue weighted by molar-refractivity contribution is 0.0985. The van der Waals surface area contributed by atoms with Gasteiger partial charge in [0.05, 0.1) is 18.4 Å². The van der Waals surface area contributed by atoms with E-state index in [2.05, 4.69) is 5.32 Å². The Morgan fingerprint density at radius 3 is 2.67 bits per heavy atom. The highest BCUT2D eigenvalue weighted by Gasteiger charge is 2.23. The third-order valence-electron chi connectivity index (χ3n) is 5.09. The normalized spacial score (nSPS) is 13.3. The summed E-state index contributed by atoms with van der Waals surface area (Å²) in [4.78, 5) is 28.8. The first-order chi connectivity index (χ1) is 14.6. The molecule has 5 nitrogen and oxygen atoms in total. The van der Waals surface area contributed by atoms with Gasteiger partial charge < -0.3 is 15.0 Å². The van der Waals surface area contributed by atoms with Crippen LogP contribution in [0, 0.1) is 0 Å². The Morgan fingerprint density at radius 1 is 1.10 bits per heavy atom. The number of rotatable bonds is 4. The van der Waals surface area contributed by atoms with Gasteiger partial charge in [0.15, 0.2) is 0 Å². The average molecular weight is 441 g/mol. The van der Waals surface area contributed by atoms with Gasteiger partial charge in [0.2, 0.25) is 0 Å². The summed E-state index contributed by atoms with van der Waals surface area (Å²) in [5, 5.41) is 5.37. The number of thiophene rings is 1. The van der Waals surface area contributed by atoms with Crippen LogP contribution in [0.3, 0.4) is 0 Å². The second-order valence-electron chi connectivity index (χ2n) is 7.02. The minimum Gasteiger partial charge on any atom is -0.496 e. The predicted molar refractivity (Wildman–Crippen MR) is 121 cm³/mol. The molecular formula is C23H21ClN2O3S. The molecule has 0 saturated heterocycles. The van der Waals surface area contributed by atoms with Gasteiger partial charge in [-0.05, 0) is 73.2 Å². The smallest absolute Gasteiger partial charge is 0.259 e. The Bertz CT molecular complexity index is 1080. The first-order valence-corrected chi connectivity index (χ1v) is 11.0. The number of ether oxygens (including phenoxy) is 1. The summed E-state index contributed by atoms with van der Waals surface area (Å²) in [5.41, 5.74) is 2.60. The minimum absolute atomic E-state index is 0.0196. The molecule has 1 N–H and O–H groups in total. The van der Waals surface area contributed by atoms with Gasteiger partial charge in [-0.2, -0.15) is 0 Å². The topological polar surface area (TPSA) is 58.6 Å². The first kappa shape index (κ1) is 20.4. The number of hydrogen-bond donors (Lipinski definition) is 1. The van der Waals surface area contributed by atoms with Crippen molar-refractivity contribution in [1.29, 1.82) is 0 Å². The summed E-state index contributed by atoms with van der Waals surface area (Å²) in [5.74, 6) is 0.0753. The maximum atomic E-state index is 13.1. The number of halogens is 1. The Balaban J connectivity index is 1.50. The van der Waals surface area contributed by atoms with Crippen LogP contribution in [-0.4, -0.2) is 25.5 Å². The summed E-state index contributed by atoms with van der Waals surface area (Å²) >= 11 is 7.67. The first-order valence-electron chi connectivity index (χ1n) is 9.70. The summed E-state index contributed by atoms with van der Waals surface area (Å²) < 4.78 is 5.24. The second kappa shape index (κ2) is 8.90. The van der Waals surface area contributed by atoms with Crippen LogP contribution in [0.2, 0.25) is 5.02 Å². The summed E-state index contributed by atoms with van der Waals surface area (Å²) in [6, 6.07) is 13.8. The van der Waals surface area contributed by atoms with Gasteiger partial charge in [0, 0.05) is 27.7 Å².